The normalized spacial score (nSPS) is 11.0. The van der Waals surface area contributed by atoms with Crippen LogP contribution in [-0.4, -0.2) is 33.8 Å². The van der Waals surface area contributed by atoms with Gasteiger partial charge in [0.1, 0.15) is 12.3 Å². The molecule has 0 radical (unpaired) electrons. The summed E-state index contributed by atoms with van der Waals surface area (Å²) in [5.41, 5.74) is 2.15. The van der Waals surface area contributed by atoms with Crippen LogP contribution in [0.4, 0.5) is 11.4 Å². The molecule has 3 aromatic carbocycles. The van der Waals surface area contributed by atoms with E-state index in [9.17, 15) is 18.0 Å². The molecule has 0 fully saturated rings. The van der Waals surface area contributed by atoms with E-state index in [0.29, 0.717) is 27.2 Å². The maximum absolute atomic E-state index is 13.5. The summed E-state index contributed by atoms with van der Waals surface area (Å²) in [4.78, 5) is 24.5. The van der Waals surface area contributed by atoms with Gasteiger partial charge in [-0.05, 0) is 72.2 Å². The van der Waals surface area contributed by atoms with Crippen LogP contribution in [0, 0.1) is 6.92 Å². The predicted octanol–water partition coefficient (Wildman–Crippen LogP) is 4.80. The van der Waals surface area contributed by atoms with Crippen molar-refractivity contribution in [1.29, 1.82) is 0 Å². The first-order valence-electron chi connectivity index (χ1n) is 9.95. The van der Waals surface area contributed by atoms with Gasteiger partial charge in [0.2, 0.25) is 5.91 Å². The number of aryl methyl sites for hydroxylation is 1. The third-order valence-electron chi connectivity index (χ3n) is 4.87. The van der Waals surface area contributed by atoms with Crippen LogP contribution in [0.5, 0.6) is 5.75 Å². The number of methoxy groups -OCH3 is 1. The first-order chi connectivity index (χ1) is 15.6. The Labute approximate surface area is 201 Å². The largest absolute Gasteiger partial charge is 0.496 e. The SMILES string of the molecule is COc1ccc(S(=O)(=O)N(CC(=O)Nc2cccc(C(C)=O)c2)c2ccc(C)cc2)cc1Br. The lowest BCUT2D eigenvalue weighted by Gasteiger charge is -2.24. The fraction of sp³-hybridized carbons (Fsp3) is 0.167. The van der Waals surface area contributed by atoms with Crippen LogP contribution < -0.4 is 14.4 Å². The Morgan fingerprint density at radius 2 is 1.73 bits per heavy atom. The Bertz CT molecular complexity index is 1290. The fourth-order valence-corrected chi connectivity index (χ4v) is 5.25. The van der Waals surface area contributed by atoms with E-state index in [1.54, 1.807) is 48.5 Å². The Morgan fingerprint density at radius 1 is 1.03 bits per heavy atom. The Balaban J connectivity index is 1.95. The molecular weight excluding hydrogens is 508 g/mol. The molecule has 1 amide bonds. The second-order valence-electron chi connectivity index (χ2n) is 7.33. The summed E-state index contributed by atoms with van der Waals surface area (Å²) in [5, 5.41) is 2.68. The summed E-state index contributed by atoms with van der Waals surface area (Å²) < 4.78 is 33.8. The van der Waals surface area contributed by atoms with Gasteiger partial charge < -0.3 is 10.1 Å². The lowest BCUT2D eigenvalue weighted by Crippen LogP contribution is -2.38. The van der Waals surface area contributed by atoms with Gasteiger partial charge in [0.15, 0.2) is 5.78 Å². The third kappa shape index (κ3) is 5.80. The first kappa shape index (κ1) is 24.5. The van der Waals surface area contributed by atoms with Crippen molar-refractivity contribution in [2.24, 2.45) is 0 Å². The molecule has 0 aromatic heterocycles. The maximum atomic E-state index is 13.5. The van der Waals surface area contributed by atoms with Gasteiger partial charge in [0.25, 0.3) is 10.0 Å². The smallest absolute Gasteiger partial charge is 0.264 e. The molecule has 3 aromatic rings. The zero-order valence-electron chi connectivity index (χ0n) is 18.3. The van der Waals surface area contributed by atoms with Crippen molar-refractivity contribution in [3.8, 4) is 5.75 Å². The molecule has 0 spiro atoms. The van der Waals surface area contributed by atoms with E-state index in [0.717, 1.165) is 9.87 Å². The molecule has 0 bridgehead atoms. The number of benzene rings is 3. The summed E-state index contributed by atoms with van der Waals surface area (Å²) in [5.74, 6) is -0.202. The highest BCUT2D eigenvalue weighted by Crippen LogP contribution is 2.31. The van der Waals surface area contributed by atoms with E-state index in [1.165, 1.54) is 32.2 Å². The number of sulfonamides is 1. The molecule has 0 atom stereocenters. The highest BCUT2D eigenvalue weighted by molar-refractivity contribution is 9.10. The number of ether oxygens (including phenoxy) is 1. The second kappa shape index (κ2) is 10.2. The lowest BCUT2D eigenvalue weighted by molar-refractivity contribution is -0.114. The standard InChI is InChI=1S/C24H23BrN2O5S/c1-16-7-9-20(10-8-16)27(33(30,31)21-11-12-23(32-3)22(25)14-21)15-24(29)26-19-6-4-5-18(13-19)17(2)28/h4-14H,15H2,1-3H3,(H,26,29). The van der Waals surface area contributed by atoms with E-state index in [2.05, 4.69) is 21.2 Å². The third-order valence-corrected chi connectivity index (χ3v) is 7.26. The van der Waals surface area contributed by atoms with Crippen LogP contribution >= 0.6 is 15.9 Å². The molecule has 0 heterocycles. The minimum atomic E-state index is -4.09. The number of carbonyl (C=O) groups is 2. The quantitative estimate of drug-likeness (QED) is 0.422. The molecule has 0 aliphatic heterocycles. The Morgan fingerprint density at radius 3 is 2.33 bits per heavy atom. The van der Waals surface area contributed by atoms with Crippen molar-refractivity contribution in [3.05, 3.63) is 82.3 Å². The molecule has 0 saturated heterocycles. The highest BCUT2D eigenvalue weighted by Gasteiger charge is 2.28. The first-order valence-corrected chi connectivity index (χ1v) is 12.2. The van der Waals surface area contributed by atoms with Crippen molar-refractivity contribution >= 4 is 49.0 Å². The molecule has 0 saturated carbocycles. The highest BCUT2D eigenvalue weighted by atomic mass is 79.9. The average Bonchev–Trinajstić information content (AvgIpc) is 2.78. The average molecular weight is 531 g/mol. The molecule has 3 rings (SSSR count). The summed E-state index contributed by atoms with van der Waals surface area (Å²) >= 11 is 3.31. The van der Waals surface area contributed by atoms with Gasteiger partial charge in [-0.2, -0.15) is 0 Å². The van der Waals surface area contributed by atoms with Gasteiger partial charge in [0.05, 0.1) is 22.2 Å². The van der Waals surface area contributed by atoms with Gasteiger partial charge in [-0.25, -0.2) is 8.42 Å². The molecule has 172 valence electrons. The van der Waals surface area contributed by atoms with Crippen LogP contribution in [0.25, 0.3) is 0 Å². The molecule has 0 aliphatic carbocycles. The maximum Gasteiger partial charge on any atom is 0.264 e. The number of anilines is 2. The van der Waals surface area contributed by atoms with Crippen LogP contribution in [0.3, 0.4) is 0 Å². The molecule has 0 aliphatic rings. The van der Waals surface area contributed by atoms with Crippen LogP contribution in [-0.2, 0) is 14.8 Å². The van der Waals surface area contributed by atoms with E-state index in [4.69, 9.17) is 4.74 Å². The zero-order valence-corrected chi connectivity index (χ0v) is 20.7. The number of amides is 1. The van der Waals surface area contributed by atoms with Gasteiger partial charge in [-0.15, -0.1) is 0 Å². The summed E-state index contributed by atoms with van der Waals surface area (Å²) in [6, 6.07) is 17.7. The van der Waals surface area contributed by atoms with E-state index >= 15 is 0 Å². The number of Topliss-reactive ketones (excluding diaryl/α,β-unsaturated/α-hetero) is 1. The number of nitrogens with one attached hydrogen (secondary N) is 1. The van der Waals surface area contributed by atoms with E-state index in [1.807, 2.05) is 6.92 Å². The topological polar surface area (TPSA) is 92.8 Å². The number of nitrogens with zero attached hydrogens (tertiary/aromatic N) is 1. The van der Waals surface area contributed by atoms with Gasteiger partial charge in [0, 0.05) is 11.3 Å². The molecule has 33 heavy (non-hydrogen) atoms. The van der Waals surface area contributed by atoms with E-state index in [-0.39, 0.29) is 10.7 Å². The number of hydrogen-bond donors (Lipinski definition) is 1. The number of carbonyl (C=O) groups excluding carboxylic acids is 2. The number of halogens is 1. The second-order valence-corrected chi connectivity index (χ2v) is 10.0. The molecule has 0 unspecified atom stereocenters. The number of ketones is 1. The minimum Gasteiger partial charge on any atom is -0.496 e. The summed E-state index contributed by atoms with van der Waals surface area (Å²) in [6.07, 6.45) is 0. The van der Waals surface area contributed by atoms with Crippen molar-refractivity contribution in [2.75, 3.05) is 23.3 Å². The monoisotopic (exact) mass is 530 g/mol. The Kier molecular flexibility index (Phi) is 7.55. The van der Waals surface area contributed by atoms with Gasteiger partial charge in [-0.1, -0.05) is 29.8 Å². The zero-order chi connectivity index (χ0) is 24.2. The molecule has 1 N–H and O–H groups in total. The van der Waals surface area contributed by atoms with Crippen LogP contribution in [0.2, 0.25) is 0 Å². The summed E-state index contributed by atoms with van der Waals surface area (Å²) in [7, 11) is -2.61. The lowest BCUT2D eigenvalue weighted by atomic mass is 10.1. The fourth-order valence-electron chi connectivity index (χ4n) is 3.11. The van der Waals surface area contributed by atoms with Crippen molar-refractivity contribution < 1.29 is 22.7 Å². The summed E-state index contributed by atoms with van der Waals surface area (Å²) in [6.45, 7) is 2.86. The number of hydrogen-bond acceptors (Lipinski definition) is 5. The van der Waals surface area contributed by atoms with Crippen molar-refractivity contribution in [1.82, 2.24) is 0 Å². The van der Waals surface area contributed by atoms with Crippen LogP contribution in [0.15, 0.2) is 76.1 Å². The number of rotatable bonds is 8. The van der Waals surface area contributed by atoms with E-state index < -0.39 is 22.5 Å². The van der Waals surface area contributed by atoms with Crippen LogP contribution in [0.1, 0.15) is 22.8 Å². The molecular formula is C24H23BrN2O5S. The minimum absolute atomic E-state index is 0.00197. The molecule has 9 heteroatoms. The Hall–Kier alpha value is -3.17. The van der Waals surface area contributed by atoms with Gasteiger partial charge in [-0.3, -0.25) is 13.9 Å². The van der Waals surface area contributed by atoms with Crippen molar-refractivity contribution in [2.45, 2.75) is 18.7 Å². The van der Waals surface area contributed by atoms with Crippen molar-refractivity contribution in [3.63, 3.8) is 0 Å². The predicted molar refractivity (Wildman–Crippen MR) is 131 cm³/mol. The van der Waals surface area contributed by atoms with Gasteiger partial charge >= 0.3 is 0 Å². The molecule has 7 nitrogen and oxygen atoms in total.